The highest BCUT2D eigenvalue weighted by Crippen LogP contribution is 2.23. The Balaban J connectivity index is 1.50. The van der Waals surface area contributed by atoms with Gasteiger partial charge in [-0.3, -0.25) is 9.59 Å². The van der Waals surface area contributed by atoms with E-state index in [4.69, 9.17) is 4.74 Å². The molecule has 1 aliphatic rings. The fourth-order valence-electron chi connectivity index (χ4n) is 3.31. The zero-order valence-electron chi connectivity index (χ0n) is 15.0. The van der Waals surface area contributed by atoms with Gasteiger partial charge in [-0.15, -0.1) is 0 Å². The molecule has 1 aliphatic heterocycles. The third-order valence-corrected chi connectivity index (χ3v) is 4.67. The van der Waals surface area contributed by atoms with E-state index in [0.717, 1.165) is 29.8 Å². The van der Waals surface area contributed by atoms with Crippen molar-refractivity contribution in [2.45, 2.75) is 6.92 Å². The first-order chi connectivity index (χ1) is 13.1. The number of morpholine rings is 1. The van der Waals surface area contributed by atoms with E-state index in [9.17, 15) is 9.59 Å². The molecule has 0 aliphatic carbocycles. The van der Waals surface area contributed by atoms with Crippen molar-refractivity contribution in [2.75, 3.05) is 36.5 Å². The molecule has 0 radical (unpaired) electrons. The lowest BCUT2D eigenvalue weighted by molar-refractivity contribution is -0.112. The van der Waals surface area contributed by atoms with Crippen molar-refractivity contribution < 1.29 is 14.3 Å². The first-order valence-corrected chi connectivity index (χ1v) is 8.85. The number of pyridine rings is 1. The van der Waals surface area contributed by atoms with Crippen LogP contribution in [0.2, 0.25) is 0 Å². The van der Waals surface area contributed by atoms with Gasteiger partial charge in [-0.1, -0.05) is 18.2 Å². The lowest BCUT2D eigenvalue weighted by Gasteiger charge is -2.27. The zero-order valence-corrected chi connectivity index (χ0v) is 15.0. The third kappa shape index (κ3) is 3.41. The minimum absolute atomic E-state index is 0.404. The fraction of sp³-hybridized carbons (Fsp3) is 0.250. The summed E-state index contributed by atoms with van der Waals surface area (Å²) in [5.74, 6) is -0.416. The number of anilines is 2. The quantitative estimate of drug-likeness (QED) is 0.549. The number of nitrogens with zero attached hydrogens (tertiary/aromatic N) is 2. The highest BCUT2D eigenvalue weighted by atomic mass is 16.5. The number of aryl methyl sites for hydroxylation is 1. The molecular weight excluding hydrogens is 344 g/mol. The summed E-state index contributed by atoms with van der Waals surface area (Å²) in [6.45, 7) is 4.73. The van der Waals surface area contributed by atoms with Gasteiger partial charge >= 0.3 is 0 Å². The minimum Gasteiger partial charge on any atom is -0.378 e. The molecule has 1 fully saturated rings. The Hall–Kier alpha value is -3.19. The van der Waals surface area contributed by atoms with E-state index in [0.29, 0.717) is 30.2 Å². The molecule has 2 N–H and O–H groups in total. The molecule has 0 atom stereocenters. The summed E-state index contributed by atoms with van der Waals surface area (Å²) in [5, 5.41) is 3.39. The van der Waals surface area contributed by atoms with Gasteiger partial charge in [-0.2, -0.15) is 0 Å². The van der Waals surface area contributed by atoms with Crippen LogP contribution in [0.4, 0.5) is 11.5 Å². The van der Waals surface area contributed by atoms with Crippen molar-refractivity contribution in [1.82, 2.24) is 9.97 Å². The Morgan fingerprint density at radius 1 is 1.15 bits per heavy atom. The highest BCUT2D eigenvalue weighted by Gasteiger charge is 2.23. The van der Waals surface area contributed by atoms with E-state index in [-0.39, 0.29) is 0 Å². The van der Waals surface area contributed by atoms with Crippen LogP contribution in [0.1, 0.15) is 16.1 Å². The van der Waals surface area contributed by atoms with Crippen LogP contribution in [-0.2, 0) is 9.53 Å². The van der Waals surface area contributed by atoms with Gasteiger partial charge in [0.15, 0.2) is 0 Å². The van der Waals surface area contributed by atoms with Crippen LogP contribution in [0.25, 0.3) is 10.9 Å². The molecule has 3 aromatic rings. The van der Waals surface area contributed by atoms with Crippen LogP contribution in [0.5, 0.6) is 0 Å². The fourth-order valence-corrected chi connectivity index (χ4v) is 3.31. The molecule has 7 nitrogen and oxygen atoms in total. The monoisotopic (exact) mass is 364 g/mol. The van der Waals surface area contributed by atoms with Gasteiger partial charge in [0, 0.05) is 29.7 Å². The number of hydrogen-bond acceptors (Lipinski definition) is 5. The molecule has 2 aromatic heterocycles. The first kappa shape index (κ1) is 17.2. The maximum absolute atomic E-state index is 12.7. The molecular formula is C20H20N4O3. The van der Waals surface area contributed by atoms with E-state index in [1.807, 2.05) is 30.3 Å². The number of amides is 1. The number of ketones is 1. The second kappa shape index (κ2) is 7.20. The Bertz CT molecular complexity index is 988. The molecule has 7 heteroatoms. The van der Waals surface area contributed by atoms with Gasteiger partial charge in [-0.25, -0.2) is 4.98 Å². The van der Waals surface area contributed by atoms with E-state index < -0.39 is 11.7 Å². The Labute approximate surface area is 156 Å². The predicted molar refractivity (Wildman–Crippen MR) is 103 cm³/mol. The molecule has 3 heterocycles. The topological polar surface area (TPSA) is 87.3 Å². The lowest BCUT2D eigenvalue weighted by atomic mass is 10.1. The highest BCUT2D eigenvalue weighted by molar-refractivity contribution is 6.48. The number of para-hydroxylation sites is 1. The summed E-state index contributed by atoms with van der Waals surface area (Å²) in [6.07, 6.45) is 1.57. The smallest absolute Gasteiger partial charge is 0.296 e. The summed E-state index contributed by atoms with van der Waals surface area (Å²) in [6, 6.07) is 11.0. The van der Waals surface area contributed by atoms with E-state index in [1.54, 1.807) is 19.2 Å². The van der Waals surface area contributed by atoms with Crippen molar-refractivity contribution in [3.63, 3.8) is 0 Å². The van der Waals surface area contributed by atoms with Gasteiger partial charge in [0.05, 0.1) is 30.7 Å². The Kier molecular flexibility index (Phi) is 4.60. The average molecular weight is 364 g/mol. The summed E-state index contributed by atoms with van der Waals surface area (Å²) in [5.41, 5.74) is 2.41. The third-order valence-electron chi connectivity index (χ3n) is 4.67. The maximum Gasteiger partial charge on any atom is 0.296 e. The first-order valence-electron chi connectivity index (χ1n) is 8.85. The molecule has 0 unspecified atom stereocenters. The number of carbonyl (C=O) groups is 2. The minimum atomic E-state index is -0.677. The number of rotatable bonds is 4. The van der Waals surface area contributed by atoms with Gasteiger partial charge in [0.2, 0.25) is 0 Å². The number of aromatic nitrogens is 2. The molecule has 1 amide bonds. The van der Waals surface area contributed by atoms with Crippen molar-refractivity contribution in [1.29, 1.82) is 0 Å². The van der Waals surface area contributed by atoms with Crippen LogP contribution in [-0.4, -0.2) is 48.0 Å². The number of nitrogens with one attached hydrogen (secondary N) is 2. The van der Waals surface area contributed by atoms with Crippen molar-refractivity contribution in [3.05, 3.63) is 53.9 Å². The predicted octanol–water partition coefficient (Wildman–Crippen LogP) is 2.53. The second-order valence-corrected chi connectivity index (χ2v) is 6.46. The van der Waals surface area contributed by atoms with E-state index in [2.05, 4.69) is 20.2 Å². The number of ether oxygens (including phenoxy) is 1. The number of aromatic amines is 1. The number of H-pyrrole nitrogens is 1. The average Bonchev–Trinajstić information content (AvgIpc) is 3.04. The van der Waals surface area contributed by atoms with Crippen LogP contribution in [0, 0.1) is 6.92 Å². The molecule has 0 saturated carbocycles. The second-order valence-electron chi connectivity index (χ2n) is 6.46. The van der Waals surface area contributed by atoms with Crippen molar-refractivity contribution in [2.24, 2.45) is 0 Å². The number of carbonyl (C=O) groups excluding carboxylic acids is 2. The molecule has 4 rings (SSSR count). The van der Waals surface area contributed by atoms with Gasteiger partial charge in [0.1, 0.15) is 5.82 Å². The van der Waals surface area contributed by atoms with Gasteiger partial charge in [0.25, 0.3) is 11.7 Å². The largest absolute Gasteiger partial charge is 0.378 e. The maximum atomic E-state index is 12.7. The van der Waals surface area contributed by atoms with Crippen LogP contribution in [0.3, 0.4) is 0 Å². The Morgan fingerprint density at radius 3 is 2.67 bits per heavy atom. The summed E-state index contributed by atoms with van der Waals surface area (Å²) >= 11 is 0. The SMILES string of the molecule is Cc1[nH]c2ccccc2c1C(=O)C(=O)Nc1ccc(N2CCOCC2)nc1. The van der Waals surface area contributed by atoms with Crippen LogP contribution >= 0.6 is 0 Å². The summed E-state index contributed by atoms with van der Waals surface area (Å²) in [4.78, 5) is 34.8. The molecule has 0 spiro atoms. The zero-order chi connectivity index (χ0) is 18.8. The standard InChI is InChI=1S/C20H20N4O3/c1-13-18(15-4-2-3-5-16(15)22-13)19(25)20(26)23-14-6-7-17(21-12-14)24-8-10-27-11-9-24/h2-7,12,22H,8-11H2,1H3,(H,23,26). The molecule has 27 heavy (non-hydrogen) atoms. The number of Topliss-reactive ketones (excluding diaryl/α,β-unsaturated/α-hetero) is 1. The lowest BCUT2D eigenvalue weighted by Crippen LogP contribution is -2.36. The van der Waals surface area contributed by atoms with E-state index >= 15 is 0 Å². The van der Waals surface area contributed by atoms with Crippen LogP contribution < -0.4 is 10.2 Å². The summed E-state index contributed by atoms with van der Waals surface area (Å²) < 4.78 is 5.33. The van der Waals surface area contributed by atoms with Gasteiger partial charge in [-0.05, 0) is 25.1 Å². The molecule has 138 valence electrons. The molecule has 1 aromatic carbocycles. The summed E-state index contributed by atoms with van der Waals surface area (Å²) in [7, 11) is 0. The Morgan fingerprint density at radius 2 is 1.93 bits per heavy atom. The van der Waals surface area contributed by atoms with Crippen molar-refractivity contribution in [3.8, 4) is 0 Å². The number of hydrogen-bond donors (Lipinski definition) is 2. The van der Waals surface area contributed by atoms with Crippen LogP contribution in [0.15, 0.2) is 42.6 Å². The van der Waals surface area contributed by atoms with Crippen molar-refractivity contribution >= 4 is 34.1 Å². The molecule has 0 bridgehead atoms. The van der Waals surface area contributed by atoms with E-state index in [1.165, 1.54) is 0 Å². The number of benzene rings is 1. The van der Waals surface area contributed by atoms with Gasteiger partial charge < -0.3 is 19.9 Å². The number of fused-ring (bicyclic) bond motifs is 1. The molecule has 1 saturated heterocycles. The normalized spacial score (nSPS) is 14.3.